The Hall–Kier alpha value is -2.63. The molecule has 1 aromatic carbocycles. The van der Waals surface area contributed by atoms with Crippen LogP contribution in [-0.4, -0.2) is 32.5 Å². The predicted octanol–water partition coefficient (Wildman–Crippen LogP) is 2.62. The van der Waals surface area contributed by atoms with Gasteiger partial charge in [-0.15, -0.1) is 15.3 Å². The van der Waals surface area contributed by atoms with E-state index in [1.54, 1.807) is 4.52 Å². The van der Waals surface area contributed by atoms with Crippen LogP contribution in [0.5, 0.6) is 5.75 Å². The molecule has 2 heterocycles. The van der Waals surface area contributed by atoms with Crippen LogP contribution in [0.25, 0.3) is 5.65 Å². The van der Waals surface area contributed by atoms with Crippen molar-refractivity contribution in [1.29, 1.82) is 0 Å². The third-order valence-electron chi connectivity index (χ3n) is 3.41. The van der Waals surface area contributed by atoms with E-state index in [0.717, 1.165) is 28.6 Å². The molecule has 114 valence electrons. The van der Waals surface area contributed by atoms with Gasteiger partial charge in [-0.05, 0) is 44.5 Å². The Kier molecular flexibility index (Phi) is 3.91. The van der Waals surface area contributed by atoms with E-state index in [0.29, 0.717) is 6.54 Å². The number of anilines is 1. The highest BCUT2D eigenvalue weighted by molar-refractivity contribution is 5.43. The zero-order valence-electron chi connectivity index (χ0n) is 12.9. The molecule has 0 saturated heterocycles. The number of nitrogens with zero attached hydrogens (tertiary/aromatic N) is 4. The summed E-state index contributed by atoms with van der Waals surface area (Å²) in [6, 6.07) is 11.8. The fourth-order valence-electron chi connectivity index (χ4n) is 2.19. The van der Waals surface area contributed by atoms with E-state index < -0.39 is 0 Å². The predicted molar refractivity (Wildman–Crippen MR) is 85.3 cm³/mol. The van der Waals surface area contributed by atoms with Crippen molar-refractivity contribution in [3.63, 3.8) is 0 Å². The van der Waals surface area contributed by atoms with Crippen molar-refractivity contribution in [3.8, 4) is 5.75 Å². The largest absolute Gasteiger partial charge is 0.489 e. The second-order valence-electron chi connectivity index (χ2n) is 5.31. The topological polar surface area (TPSA) is 64.3 Å². The maximum Gasteiger partial charge on any atom is 0.178 e. The number of para-hydroxylation sites is 1. The van der Waals surface area contributed by atoms with Crippen LogP contribution in [-0.2, 0) is 0 Å². The first-order chi connectivity index (χ1) is 10.6. The number of nitrogens with one attached hydrogen (secondary N) is 1. The molecule has 0 amide bonds. The summed E-state index contributed by atoms with van der Waals surface area (Å²) in [5.74, 6) is 2.45. The van der Waals surface area contributed by atoms with Crippen molar-refractivity contribution < 1.29 is 4.74 Å². The van der Waals surface area contributed by atoms with E-state index in [1.165, 1.54) is 0 Å². The quantitative estimate of drug-likeness (QED) is 0.784. The Morgan fingerprint density at radius 1 is 1.14 bits per heavy atom. The third kappa shape index (κ3) is 3.00. The first-order valence-electron chi connectivity index (χ1n) is 7.29. The lowest BCUT2D eigenvalue weighted by Gasteiger charge is -2.17. The number of aromatic nitrogens is 4. The number of rotatable bonds is 5. The number of hydrogen-bond donors (Lipinski definition) is 1. The highest BCUT2D eigenvalue weighted by Gasteiger charge is 2.08. The number of ether oxygens (including phenoxy) is 1. The monoisotopic (exact) mass is 297 g/mol. The van der Waals surface area contributed by atoms with Gasteiger partial charge in [0.25, 0.3) is 0 Å². The lowest BCUT2D eigenvalue weighted by Crippen LogP contribution is -2.23. The summed E-state index contributed by atoms with van der Waals surface area (Å²) in [5.41, 5.74) is 1.88. The Bertz CT molecular complexity index is 783. The second-order valence-corrected chi connectivity index (χ2v) is 5.31. The third-order valence-corrected chi connectivity index (χ3v) is 3.41. The summed E-state index contributed by atoms with van der Waals surface area (Å²) in [6.45, 7) is 6.61. The maximum atomic E-state index is 5.94. The fraction of sp³-hybridized carbons (Fsp3) is 0.312. The molecular weight excluding hydrogens is 278 g/mol. The van der Waals surface area contributed by atoms with E-state index in [4.69, 9.17) is 4.74 Å². The van der Waals surface area contributed by atoms with Gasteiger partial charge in [0.2, 0.25) is 0 Å². The maximum absolute atomic E-state index is 5.94. The molecule has 0 aliphatic rings. The van der Waals surface area contributed by atoms with Gasteiger partial charge in [-0.2, -0.15) is 4.52 Å². The number of hydrogen-bond acceptors (Lipinski definition) is 5. The van der Waals surface area contributed by atoms with Gasteiger partial charge < -0.3 is 10.1 Å². The van der Waals surface area contributed by atoms with Gasteiger partial charge in [0.1, 0.15) is 17.7 Å². The van der Waals surface area contributed by atoms with Gasteiger partial charge >= 0.3 is 0 Å². The normalized spacial score (nSPS) is 12.3. The molecule has 0 aliphatic heterocycles. The Balaban J connectivity index is 1.63. The van der Waals surface area contributed by atoms with Crippen LogP contribution in [0.2, 0.25) is 0 Å². The van der Waals surface area contributed by atoms with Crippen LogP contribution < -0.4 is 10.1 Å². The SMILES string of the molecule is Cc1ccccc1O[C@H](C)CNc1ccc2nnc(C)n2n1. The smallest absolute Gasteiger partial charge is 0.178 e. The molecule has 0 radical (unpaired) electrons. The number of aryl methyl sites for hydroxylation is 2. The van der Waals surface area contributed by atoms with E-state index in [-0.39, 0.29) is 6.10 Å². The molecule has 2 aromatic heterocycles. The van der Waals surface area contributed by atoms with Crippen LogP contribution in [0.15, 0.2) is 36.4 Å². The zero-order chi connectivity index (χ0) is 15.5. The molecule has 0 aliphatic carbocycles. The molecule has 0 bridgehead atoms. The van der Waals surface area contributed by atoms with Gasteiger partial charge in [-0.3, -0.25) is 0 Å². The minimum Gasteiger partial charge on any atom is -0.489 e. The molecule has 0 saturated carbocycles. The van der Waals surface area contributed by atoms with Gasteiger partial charge in [-0.1, -0.05) is 18.2 Å². The highest BCUT2D eigenvalue weighted by Crippen LogP contribution is 2.18. The second kappa shape index (κ2) is 6.01. The summed E-state index contributed by atoms with van der Waals surface area (Å²) >= 11 is 0. The van der Waals surface area contributed by atoms with Gasteiger partial charge in [-0.25, -0.2) is 0 Å². The fourth-order valence-corrected chi connectivity index (χ4v) is 2.19. The zero-order valence-corrected chi connectivity index (χ0v) is 12.9. The first-order valence-corrected chi connectivity index (χ1v) is 7.29. The molecule has 22 heavy (non-hydrogen) atoms. The van der Waals surface area contributed by atoms with Crippen LogP contribution >= 0.6 is 0 Å². The van der Waals surface area contributed by atoms with Crippen LogP contribution in [0.1, 0.15) is 18.3 Å². The van der Waals surface area contributed by atoms with Crippen molar-refractivity contribution >= 4 is 11.5 Å². The average Bonchev–Trinajstić information content (AvgIpc) is 2.89. The summed E-state index contributed by atoms with van der Waals surface area (Å²) in [5, 5.41) is 15.8. The summed E-state index contributed by atoms with van der Waals surface area (Å²) in [6.07, 6.45) is 0.0283. The van der Waals surface area contributed by atoms with Gasteiger partial charge in [0, 0.05) is 0 Å². The van der Waals surface area contributed by atoms with Gasteiger partial charge in [0.05, 0.1) is 6.54 Å². The van der Waals surface area contributed by atoms with Crippen molar-refractivity contribution in [2.45, 2.75) is 26.9 Å². The Morgan fingerprint density at radius 2 is 1.95 bits per heavy atom. The molecular formula is C16H19N5O. The van der Waals surface area contributed by atoms with Crippen LogP contribution in [0, 0.1) is 13.8 Å². The molecule has 1 N–H and O–H groups in total. The lowest BCUT2D eigenvalue weighted by atomic mass is 10.2. The van der Waals surface area contributed by atoms with Crippen LogP contribution in [0.3, 0.4) is 0 Å². The van der Waals surface area contributed by atoms with Crippen molar-refractivity contribution in [2.75, 3.05) is 11.9 Å². The Morgan fingerprint density at radius 3 is 2.77 bits per heavy atom. The highest BCUT2D eigenvalue weighted by atomic mass is 16.5. The van der Waals surface area contributed by atoms with Crippen LogP contribution in [0.4, 0.5) is 5.82 Å². The molecule has 0 fully saturated rings. The average molecular weight is 297 g/mol. The molecule has 0 spiro atoms. The summed E-state index contributed by atoms with van der Waals surface area (Å²) in [7, 11) is 0. The molecule has 3 rings (SSSR count). The van der Waals surface area contributed by atoms with Crippen molar-refractivity contribution in [3.05, 3.63) is 47.8 Å². The standard InChI is InChI=1S/C16H19N5O/c1-11-6-4-5-7-14(11)22-12(2)10-17-15-8-9-16-19-18-13(3)21(16)20-15/h4-9,12H,10H2,1-3H3,(H,17,20)/t12-/m1/s1. The van der Waals surface area contributed by atoms with Crippen molar-refractivity contribution in [1.82, 2.24) is 19.8 Å². The minimum atomic E-state index is 0.0283. The minimum absolute atomic E-state index is 0.0283. The molecule has 6 nitrogen and oxygen atoms in total. The van der Waals surface area contributed by atoms with E-state index >= 15 is 0 Å². The van der Waals surface area contributed by atoms with E-state index in [2.05, 4.69) is 20.6 Å². The molecule has 6 heteroatoms. The number of fused-ring (bicyclic) bond motifs is 1. The van der Waals surface area contributed by atoms with E-state index in [1.807, 2.05) is 57.2 Å². The first kappa shape index (κ1) is 14.3. The molecule has 0 unspecified atom stereocenters. The Labute approximate surface area is 129 Å². The lowest BCUT2D eigenvalue weighted by molar-refractivity contribution is 0.233. The summed E-state index contributed by atoms with van der Waals surface area (Å²) in [4.78, 5) is 0. The molecule has 1 atom stereocenters. The molecule has 3 aromatic rings. The summed E-state index contributed by atoms with van der Waals surface area (Å²) < 4.78 is 7.66. The van der Waals surface area contributed by atoms with Gasteiger partial charge in [0.15, 0.2) is 11.5 Å². The number of benzene rings is 1. The van der Waals surface area contributed by atoms with Crippen molar-refractivity contribution in [2.24, 2.45) is 0 Å². The van der Waals surface area contributed by atoms with E-state index in [9.17, 15) is 0 Å².